The zero-order valence-corrected chi connectivity index (χ0v) is 22.9. The molecule has 0 fully saturated rings. The van der Waals surface area contributed by atoms with Crippen molar-refractivity contribution in [2.75, 3.05) is 19.9 Å². The van der Waals surface area contributed by atoms with Crippen LogP contribution in [0.5, 0.6) is 5.75 Å². The minimum absolute atomic E-state index is 0.216. The summed E-state index contributed by atoms with van der Waals surface area (Å²) in [5, 5.41) is 6.12. The third-order valence-electron chi connectivity index (χ3n) is 6.18. The molecule has 0 bridgehead atoms. The number of amides is 2. The lowest BCUT2D eigenvalue weighted by atomic mass is 9.90. The van der Waals surface area contributed by atoms with Gasteiger partial charge in [0.2, 0.25) is 11.8 Å². The van der Waals surface area contributed by atoms with Crippen LogP contribution in [-0.2, 0) is 9.59 Å². The van der Waals surface area contributed by atoms with Crippen molar-refractivity contribution in [1.29, 1.82) is 0 Å². The maximum atomic E-state index is 13.7. The number of nitrogens with one attached hydrogen (secondary N) is 3. The third-order valence-corrected chi connectivity index (χ3v) is 6.52. The van der Waals surface area contributed by atoms with E-state index in [-0.39, 0.29) is 17.9 Å². The van der Waals surface area contributed by atoms with E-state index >= 15 is 0 Å². The highest BCUT2D eigenvalue weighted by Gasteiger charge is 2.28. The molecule has 3 aromatic rings. The summed E-state index contributed by atoms with van der Waals surface area (Å²) in [6, 6.07) is 25.9. The van der Waals surface area contributed by atoms with E-state index in [4.69, 9.17) is 4.74 Å². The van der Waals surface area contributed by atoms with Gasteiger partial charge in [0, 0.05) is 12.8 Å². The van der Waals surface area contributed by atoms with Crippen LogP contribution < -0.4 is 20.1 Å². The molecule has 0 unspecified atom stereocenters. The van der Waals surface area contributed by atoms with Gasteiger partial charge in [-0.3, -0.25) is 14.6 Å². The predicted octanol–water partition coefficient (Wildman–Crippen LogP) is 4.87. The first-order chi connectivity index (χ1) is 18.5. The lowest BCUT2D eigenvalue weighted by Crippen LogP contribution is -2.48. The smallest absolute Gasteiger partial charge is 0.243 e. The highest BCUT2D eigenvalue weighted by Crippen LogP contribution is 2.25. The fourth-order valence-corrected chi connectivity index (χ4v) is 4.32. The number of hydrogen-bond acceptors (Lipinski definition) is 5. The predicted molar refractivity (Wildman–Crippen MR) is 155 cm³/mol. The molecule has 0 saturated heterocycles. The lowest BCUT2D eigenvalue weighted by Gasteiger charge is -2.25. The first kappa shape index (κ1) is 28.8. The average molecular weight is 533 g/mol. The van der Waals surface area contributed by atoms with E-state index in [9.17, 15) is 9.59 Å². The van der Waals surface area contributed by atoms with Crippen molar-refractivity contribution in [3.8, 4) is 5.75 Å². The number of benzene rings is 3. The highest BCUT2D eigenvalue weighted by molar-refractivity contribution is 7.97. The second kappa shape index (κ2) is 15.5. The number of carbonyl (C=O) groups excluding carboxylic acids is 2. The van der Waals surface area contributed by atoms with Crippen LogP contribution in [-0.4, -0.2) is 44.1 Å². The fourth-order valence-electron chi connectivity index (χ4n) is 4.14. The van der Waals surface area contributed by atoms with Crippen LogP contribution in [0, 0.1) is 0 Å². The first-order valence-electron chi connectivity index (χ1n) is 12.6. The molecule has 38 heavy (non-hydrogen) atoms. The molecule has 3 N–H and O–H groups in total. The third kappa shape index (κ3) is 8.66. The summed E-state index contributed by atoms with van der Waals surface area (Å²) in [7, 11) is 1.62. The largest absolute Gasteiger partial charge is 0.497 e. The summed E-state index contributed by atoms with van der Waals surface area (Å²) < 4.78 is 8.20. The molecular weight excluding hydrogens is 496 g/mol. The van der Waals surface area contributed by atoms with Gasteiger partial charge in [0.15, 0.2) is 0 Å². The number of aliphatic imine (C=N–C) groups is 1. The molecule has 8 heteroatoms. The number of hydrogen-bond donors (Lipinski definition) is 3. The van der Waals surface area contributed by atoms with E-state index in [2.05, 4.69) is 20.3 Å². The van der Waals surface area contributed by atoms with Crippen LogP contribution >= 0.6 is 11.9 Å². The second-order valence-corrected chi connectivity index (χ2v) is 9.46. The van der Waals surface area contributed by atoms with Gasteiger partial charge in [0.25, 0.3) is 0 Å². The Balaban J connectivity index is 1.77. The summed E-state index contributed by atoms with van der Waals surface area (Å²) in [5.41, 5.74) is 2.69. The van der Waals surface area contributed by atoms with Crippen LogP contribution in [0.2, 0.25) is 0 Å². The van der Waals surface area contributed by atoms with Gasteiger partial charge in [0.1, 0.15) is 11.8 Å². The maximum absolute atomic E-state index is 13.7. The van der Waals surface area contributed by atoms with Gasteiger partial charge in [-0.2, -0.15) is 0 Å². The van der Waals surface area contributed by atoms with Crippen molar-refractivity contribution in [1.82, 2.24) is 15.4 Å². The topological polar surface area (TPSA) is 91.8 Å². The Kier molecular flexibility index (Phi) is 11.7. The quantitative estimate of drug-likeness (QED) is 0.119. The van der Waals surface area contributed by atoms with Gasteiger partial charge < -0.3 is 20.1 Å². The van der Waals surface area contributed by atoms with Crippen LogP contribution in [0.1, 0.15) is 48.4 Å². The van der Waals surface area contributed by atoms with Gasteiger partial charge in [-0.25, -0.2) is 0 Å². The van der Waals surface area contributed by atoms with Crippen LogP contribution in [0.3, 0.4) is 0 Å². The highest BCUT2D eigenvalue weighted by atomic mass is 32.2. The zero-order valence-electron chi connectivity index (χ0n) is 22.1. The van der Waals surface area contributed by atoms with Crippen molar-refractivity contribution in [3.63, 3.8) is 0 Å². The molecule has 3 rings (SSSR count). The minimum atomic E-state index is -0.707. The molecule has 0 radical (unpaired) electrons. The van der Waals surface area contributed by atoms with E-state index in [1.54, 1.807) is 13.4 Å². The molecule has 0 aliphatic rings. The molecule has 0 saturated carbocycles. The number of carbonyl (C=O) groups is 2. The van der Waals surface area contributed by atoms with Crippen LogP contribution in [0.25, 0.3) is 0 Å². The van der Waals surface area contributed by atoms with Crippen molar-refractivity contribution >= 4 is 30.1 Å². The molecular formula is C30H36N4O3S. The Hall–Kier alpha value is -3.78. The Labute approximate surface area is 229 Å². The average Bonchev–Trinajstić information content (AvgIpc) is 2.95. The van der Waals surface area contributed by atoms with Gasteiger partial charge in [-0.05, 0) is 48.6 Å². The van der Waals surface area contributed by atoms with Crippen molar-refractivity contribution in [3.05, 3.63) is 102 Å². The molecule has 200 valence electrons. The molecule has 3 aromatic carbocycles. The summed E-state index contributed by atoms with van der Waals surface area (Å²) in [6.07, 6.45) is 4.66. The van der Waals surface area contributed by atoms with E-state index in [1.807, 2.05) is 98.1 Å². The Morgan fingerprint density at radius 1 is 0.868 bits per heavy atom. The molecule has 2 amide bonds. The summed E-state index contributed by atoms with van der Waals surface area (Å²) in [5.74, 6) is -0.225. The summed E-state index contributed by atoms with van der Waals surface area (Å²) in [6.45, 7) is 2.47. The molecule has 0 heterocycles. The summed E-state index contributed by atoms with van der Waals surface area (Å²) in [4.78, 5) is 31.5. The standard InChI is InChI=1S/C30H36N4O3S/c1-22(23-16-18-26(37-2)19-17-23)33-29(35)27(15-10-20-31-21-32-38-3)34-30(36)28(24-11-6-4-7-12-24)25-13-8-5-9-14-25/h4-9,11-14,16-19,21-22,27-28H,10,15,20H2,1-3H3,(H,31,32)(H,33,35)(H,34,36)/t22-,27-/m1/s1. The first-order valence-corrected chi connectivity index (χ1v) is 13.9. The maximum Gasteiger partial charge on any atom is 0.243 e. The van der Waals surface area contributed by atoms with E-state index in [0.717, 1.165) is 22.4 Å². The molecule has 0 aromatic heterocycles. The number of nitrogens with zero attached hydrogens (tertiary/aromatic N) is 1. The molecule has 7 nitrogen and oxygen atoms in total. The molecule has 0 aliphatic carbocycles. The van der Waals surface area contributed by atoms with Crippen LogP contribution in [0.15, 0.2) is 89.9 Å². The van der Waals surface area contributed by atoms with Crippen LogP contribution in [0.4, 0.5) is 0 Å². The van der Waals surface area contributed by atoms with Crippen molar-refractivity contribution < 1.29 is 14.3 Å². The minimum Gasteiger partial charge on any atom is -0.497 e. The molecule has 0 spiro atoms. The van der Waals surface area contributed by atoms with Gasteiger partial charge >= 0.3 is 0 Å². The molecule has 2 atom stereocenters. The van der Waals surface area contributed by atoms with E-state index in [0.29, 0.717) is 19.4 Å². The normalized spacial score (nSPS) is 12.6. The number of ether oxygens (including phenoxy) is 1. The van der Waals surface area contributed by atoms with Gasteiger partial charge in [-0.15, -0.1) is 0 Å². The second-order valence-electron chi connectivity index (χ2n) is 8.82. The Morgan fingerprint density at radius 3 is 2.03 bits per heavy atom. The Bertz CT molecular complexity index is 1120. The fraction of sp³-hybridized carbons (Fsp3) is 0.300. The Morgan fingerprint density at radius 2 is 1.47 bits per heavy atom. The number of methoxy groups -OCH3 is 1. The van der Waals surface area contributed by atoms with Crippen molar-refractivity contribution in [2.24, 2.45) is 4.99 Å². The van der Waals surface area contributed by atoms with Crippen molar-refractivity contribution in [2.45, 2.75) is 37.8 Å². The number of rotatable bonds is 14. The van der Waals surface area contributed by atoms with E-state index < -0.39 is 12.0 Å². The lowest BCUT2D eigenvalue weighted by molar-refractivity contribution is -0.129. The monoisotopic (exact) mass is 532 g/mol. The van der Waals surface area contributed by atoms with E-state index in [1.165, 1.54) is 11.9 Å². The zero-order chi connectivity index (χ0) is 27.2. The molecule has 0 aliphatic heterocycles. The SMILES string of the molecule is COc1ccc([C@@H](C)NC(=O)[C@@H](CCCN=CNSC)NC(=O)C(c2ccccc2)c2ccccc2)cc1. The van der Waals surface area contributed by atoms with Gasteiger partial charge in [-0.1, -0.05) is 84.7 Å². The van der Waals surface area contributed by atoms with Gasteiger partial charge in [0.05, 0.1) is 25.4 Å². The summed E-state index contributed by atoms with van der Waals surface area (Å²) >= 11 is 1.46.